The van der Waals surface area contributed by atoms with Crippen LogP contribution in [0.5, 0.6) is 11.5 Å². The predicted molar refractivity (Wildman–Crippen MR) is 138 cm³/mol. The Hall–Kier alpha value is -2.29. The Morgan fingerprint density at radius 2 is 1.85 bits per heavy atom. The number of aliphatic imine (C=N–C) groups is 1. The van der Waals surface area contributed by atoms with Crippen LogP contribution < -0.4 is 14.4 Å². The van der Waals surface area contributed by atoms with Crippen LogP contribution >= 0.6 is 35.1 Å². The monoisotopic (exact) mass is 503 g/mol. The van der Waals surface area contributed by atoms with Gasteiger partial charge in [-0.15, -0.1) is 0 Å². The van der Waals surface area contributed by atoms with Crippen molar-refractivity contribution in [2.45, 2.75) is 31.6 Å². The summed E-state index contributed by atoms with van der Waals surface area (Å²) in [5.41, 5.74) is 1.66. The summed E-state index contributed by atoms with van der Waals surface area (Å²) in [6.45, 7) is 5.54. The Kier molecular flexibility index (Phi) is 7.46. The third-order valence-corrected chi connectivity index (χ3v) is 7.99. The Morgan fingerprint density at radius 3 is 2.55 bits per heavy atom. The van der Waals surface area contributed by atoms with Crippen molar-refractivity contribution in [3.8, 4) is 11.5 Å². The maximum Gasteiger partial charge on any atom is 0.269 e. The number of amides is 1. The van der Waals surface area contributed by atoms with Crippen LogP contribution in [0.1, 0.15) is 26.7 Å². The number of rotatable bonds is 7. The van der Waals surface area contributed by atoms with Gasteiger partial charge in [0.2, 0.25) is 0 Å². The minimum absolute atomic E-state index is 0.0195. The van der Waals surface area contributed by atoms with E-state index in [1.165, 1.54) is 11.8 Å². The quantitative estimate of drug-likeness (QED) is 0.401. The number of benzene rings is 2. The molecule has 0 saturated carbocycles. The molecular weight excluding hydrogens is 478 g/mol. The molecule has 0 bridgehead atoms. The summed E-state index contributed by atoms with van der Waals surface area (Å²) in [6.07, 6.45) is 1.87. The number of halogens is 1. The van der Waals surface area contributed by atoms with Crippen molar-refractivity contribution in [2.24, 2.45) is 4.99 Å². The molecule has 0 unspecified atom stereocenters. The fourth-order valence-corrected chi connectivity index (χ4v) is 6.22. The van der Waals surface area contributed by atoms with Crippen LogP contribution in [0.4, 0.5) is 11.4 Å². The largest absolute Gasteiger partial charge is 0.497 e. The zero-order valence-electron chi connectivity index (χ0n) is 19.1. The van der Waals surface area contributed by atoms with Crippen molar-refractivity contribution in [2.75, 3.05) is 32.2 Å². The molecule has 1 saturated heterocycles. The molecule has 2 aromatic rings. The third-order valence-electron chi connectivity index (χ3n) is 5.38. The number of thioether (sulfide) groups is 2. The number of nitrogens with zero attached hydrogens (tertiary/aromatic N) is 3. The number of ether oxygens (including phenoxy) is 2. The number of anilines is 1. The van der Waals surface area contributed by atoms with Crippen LogP contribution in [-0.2, 0) is 4.79 Å². The number of fused-ring (bicyclic) bond motifs is 1. The van der Waals surface area contributed by atoms with E-state index in [9.17, 15) is 4.79 Å². The molecule has 1 fully saturated rings. The van der Waals surface area contributed by atoms with Crippen molar-refractivity contribution < 1.29 is 14.3 Å². The summed E-state index contributed by atoms with van der Waals surface area (Å²) in [5, 5.41) is 2.14. The van der Waals surface area contributed by atoms with E-state index in [0.29, 0.717) is 33.1 Å². The van der Waals surface area contributed by atoms with Gasteiger partial charge in [-0.2, -0.15) is 0 Å². The summed E-state index contributed by atoms with van der Waals surface area (Å²) >= 11 is 9.23. The van der Waals surface area contributed by atoms with Crippen molar-refractivity contribution >= 4 is 57.6 Å². The van der Waals surface area contributed by atoms with E-state index in [4.69, 9.17) is 26.1 Å². The van der Waals surface area contributed by atoms with Crippen LogP contribution in [0.3, 0.4) is 0 Å². The van der Waals surface area contributed by atoms with E-state index < -0.39 is 0 Å². The molecule has 0 aliphatic carbocycles. The SMILES string of the molecule is CCCCN1C(=O)C(=C2Sc3ccc(OC)cc3N2CC)SC1=Nc1cc(Cl)ccc1OC. The van der Waals surface area contributed by atoms with Gasteiger partial charge in [-0.3, -0.25) is 9.69 Å². The first-order valence-corrected chi connectivity index (χ1v) is 12.8. The molecule has 9 heteroatoms. The molecule has 0 spiro atoms. The van der Waals surface area contributed by atoms with Crippen molar-refractivity contribution in [3.63, 3.8) is 0 Å². The molecule has 0 N–H and O–H groups in total. The number of hydrogen-bond acceptors (Lipinski definition) is 7. The smallest absolute Gasteiger partial charge is 0.269 e. The van der Waals surface area contributed by atoms with Crippen LogP contribution in [-0.4, -0.2) is 43.3 Å². The van der Waals surface area contributed by atoms with Gasteiger partial charge in [-0.05, 0) is 55.4 Å². The molecule has 2 aliphatic heterocycles. The molecule has 0 radical (unpaired) electrons. The van der Waals surface area contributed by atoms with E-state index in [1.54, 1.807) is 49.1 Å². The van der Waals surface area contributed by atoms with Gasteiger partial charge in [0, 0.05) is 29.1 Å². The Balaban J connectivity index is 1.77. The van der Waals surface area contributed by atoms with Crippen LogP contribution in [0, 0.1) is 0 Å². The van der Waals surface area contributed by atoms with Crippen molar-refractivity contribution in [1.29, 1.82) is 0 Å². The zero-order valence-corrected chi connectivity index (χ0v) is 21.4. The molecular formula is C24H26ClN3O3S2. The van der Waals surface area contributed by atoms with Gasteiger partial charge in [-0.1, -0.05) is 36.7 Å². The van der Waals surface area contributed by atoms with E-state index in [0.717, 1.165) is 40.7 Å². The second-order valence-electron chi connectivity index (χ2n) is 7.44. The molecule has 2 heterocycles. The molecule has 6 nitrogen and oxygen atoms in total. The van der Waals surface area contributed by atoms with E-state index in [2.05, 4.69) is 18.7 Å². The molecule has 4 rings (SSSR count). The lowest BCUT2D eigenvalue weighted by atomic mass is 10.2. The molecule has 174 valence electrons. The second-order valence-corrected chi connectivity index (χ2v) is 9.88. The van der Waals surface area contributed by atoms with Crippen LogP contribution in [0.25, 0.3) is 0 Å². The van der Waals surface area contributed by atoms with Gasteiger partial charge < -0.3 is 14.4 Å². The van der Waals surface area contributed by atoms with E-state index in [1.807, 2.05) is 18.2 Å². The van der Waals surface area contributed by atoms with Gasteiger partial charge in [0.05, 0.1) is 19.9 Å². The van der Waals surface area contributed by atoms with Gasteiger partial charge in [0.25, 0.3) is 5.91 Å². The number of carbonyl (C=O) groups excluding carboxylic acids is 1. The maximum atomic E-state index is 13.6. The normalized spacial score (nSPS) is 18.9. The molecule has 2 aromatic carbocycles. The van der Waals surface area contributed by atoms with Gasteiger partial charge in [-0.25, -0.2) is 4.99 Å². The lowest BCUT2D eigenvalue weighted by Gasteiger charge is -2.19. The Bertz CT molecular complexity index is 1140. The highest BCUT2D eigenvalue weighted by Crippen LogP contribution is 2.51. The third kappa shape index (κ3) is 4.69. The predicted octanol–water partition coefficient (Wildman–Crippen LogP) is 6.52. The topological polar surface area (TPSA) is 54.4 Å². The fourth-order valence-electron chi connectivity index (χ4n) is 3.66. The first kappa shape index (κ1) is 23.9. The standard InChI is InChI=1S/C24H26ClN3O3S2/c1-5-7-12-28-22(29)21(33-24(28)26-17-13-15(25)8-10-19(17)31-4)23-27(6-2)18-14-16(30-3)9-11-20(18)32-23/h8-11,13-14H,5-7,12H2,1-4H3. The summed E-state index contributed by atoms with van der Waals surface area (Å²) in [6, 6.07) is 11.3. The average Bonchev–Trinajstić information content (AvgIpc) is 3.33. The average molecular weight is 504 g/mol. The van der Waals surface area contributed by atoms with Crippen molar-refractivity contribution in [3.05, 3.63) is 51.4 Å². The zero-order chi connectivity index (χ0) is 23.5. The first-order valence-electron chi connectivity index (χ1n) is 10.8. The lowest BCUT2D eigenvalue weighted by Crippen LogP contribution is -2.30. The number of hydrogen-bond donors (Lipinski definition) is 0. The highest BCUT2D eigenvalue weighted by molar-refractivity contribution is 8.19. The Morgan fingerprint density at radius 1 is 1.03 bits per heavy atom. The molecule has 0 atom stereocenters. The summed E-state index contributed by atoms with van der Waals surface area (Å²) in [4.78, 5) is 24.2. The molecule has 2 aliphatic rings. The summed E-state index contributed by atoms with van der Waals surface area (Å²) < 4.78 is 10.9. The van der Waals surface area contributed by atoms with Crippen molar-refractivity contribution in [1.82, 2.24) is 4.90 Å². The van der Waals surface area contributed by atoms with Gasteiger partial charge in [0.1, 0.15) is 27.1 Å². The highest BCUT2D eigenvalue weighted by Gasteiger charge is 2.39. The van der Waals surface area contributed by atoms with E-state index in [-0.39, 0.29) is 5.91 Å². The van der Waals surface area contributed by atoms with Gasteiger partial charge >= 0.3 is 0 Å². The molecule has 0 aromatic heterocycles. The number of amidine groups is 1. The molecule has 33 heavy (non-hydrogen) atoms. The summed E-state index contributed by atoms with van der Waals surface area (Å²) in [7, 11) is 3.26. The van der Waals surface area contributed by atoms with Crippen LogP contribution in [0.2, 0.25) is 5.02 Å². The first-order chi connectivity index (χ1) is 16.0. The highest BCUT2D eigenvalue weighted by atomic mass is 35.5. The number of unbranched alkanes of at least 4 members (excludes halogenated alkanes) is 1. The number of methoxy groups -OCH3 is 2. The summed E-state index contributed by atoms with van der Waals surface area (Å²) in [5.74, 6) is 1.39. The van der Waals surface area contributed by atoms with Gasteiger partial charge in [0.15, 0.2) is 5.17 Å². The Labute approximate surface area is 208 Å². The number of carbonyl (C=O) groups is 1. The van der Waals surface area contributed by atoms with E-state index >= 15 is 0 Å². The van der Waals surface area contributed by atoms with Crippen LogP contribution in [0.15, 0.2) is 56.2 Å². The minimum atomic E-state index is -0.0195. The fraction of sp³-hybridized carbons (Fsp3) is 0.333. The molecule has 1 amide bonds. The maximum absolute atomic E-state index is 13.6. The minimum Gasteiger partial charge on any atom is -0.497 e. The second kappa shape index (κ2) is 10.3. The lowest BCUT2D eigenvalue weighted by molar-refractivity contribution is -0.122.